The number of amides is 1. The molecule has 32 heavy (non-hydrogen) atoms. The molecule has 0 saturated carbocycles. The Morgan fingerprint density at radius 2 is 2.12 bits per heavy atom. The molecule has 2 aromatic rings. The lowest BCUT2D eigenvalue weighted by Gasteiger charge is -2.15. The fourth-order valence-electron chi connectivity index (χ4n) is 2.29. The predicted molar refractivity (Wildman–Crippen MR) is 143 cm³/mol. The van der Waals surface area contributed by atoms with E-state index >= 15 is 0 Å². The summed E-state index contributed by atoms with van der Waals surface area (Å²) < 4.78 is 2.28. The molecule has 0 spiro atoms. The summed E-state index contributed by atoms with van der Waals surface area (Å²) in [5, 5.41) is 23.4. The zero-order valence-electron chi connectivity index (χ0n) is 18.0. The monoisotopic (exact) mass is 659 g/mol. The average Bonchev–Trinajstić information content (AvgIpc) is 3.23. The lowest BCUT2D eigenvalue weighted by Crippen LogP contribution is -2.30. The molecule has 0 atom stereocenters. The van der Waals surface area contributed by atoms with E-state index in [0.29, 0.717) is 17.1 Å². The minimum Gasteiger partial charge on any atom is -0.409 e. The van der Waals surface area contributed by atoms with E-state index in [1.165, 1.54) is 6.20 Å². The number of hydrogen-bond acceptors (Lipinski definition) is 7. The van der Waals surface area contributed by atoms with Crippen LogP contribution in [0.15, 0.2) is 57.1 Å². The van der Waals surface area contributed by atoms with E-state index in [9.17, 15) is 10.0 Å². The van der Waals surface area contributed by atoms with Crippen molar-refractivity contribution in [3.8, 4) is 5.69 Å². The number of carbonyl (C=O) groups is 1. The van der Waals surface area contributed by atoms with Crippen molar-refractivity contribution in [3.05, 3.63) is 63.9 Å². The molecule has 11 heteroatoms. The van der Waals surface area contributed by atoms with Gasteiger partial charge in [-0.05, 0) is 68.0 Å². The van der Waals surface area contributed by atoms with Crippen LogP contribution >= 0.6 is 45.2 Å². The molecule has 0 aliphatic rings. The number of aliphatic imine (C=N–C) groups is 1. The number of alkyl halides is 1. The van der Waals surface area contributed by atoms with Gasteiger partial charge in [-0.2, -0.15) is 0 Å². The molecule has 2 aromatic heterocycles. The Labute approximate surface area is 213 Å². The van der Waals surface area contributed by atoms with Crippen LogP contribution in [-0.4, -0.2) is 46.6 Å². The normalized spacial score (nSPS) is 13.5. The second-order valence-corrected chi connectivity index (χ2v) is 11.0. The summed E-state index contributed by atoms with van der Waals surface area (Å²) in [6.07, 6.45) is 9.61. The van der Waals surface area contributed by atoms with Gasteiger partial charge in [0, 0.05) is 25.6 Å². The van der Waals surface area contributed by atoms with Crippen molar-refractivity contribution < 1.29 is 10.0 Å². The van der Waals surface area contributed by atoms with Gasteiger partial charge in [0.1, 0.15) is 5.69 Å². The topological polar surface area (TPSA) is 118 Å². The third kappa shape index (κ3) is 7.05. The molecule has 0 bridgehead atoms. The Balaban J connectivity index is 2.30. The maximum atomic E-state index is 12.7. The predicted octanol–water partition coefficient (Wildman–Crippen LogP) is 4.64. The molecular weight excluding hydrogens is 636 g/mol. The molecule has 9 nitrogen and oxygen atoms in total. The summed E-state index contributed by atoms with van der Waals surface area (Å²) in [6, 6.07) is 1.65. The molecule has 0 aliphatic heterocycles. The fraction of sp³-hybridized carbons (Fsp3) is 0.238. The van der Waals surface area contributed by atoms with Crippen molar-refractivity contribution >= 4 is 68.7 Å². The van der Waals surface area contributed by atoms with Crippen LogP contribution < -0.4 is 5.32 Å². The van der Waals surface area contributed by atoms with Gasteiger partial charge >= 0.3 is 0 Å². The van der Waals surface area contributed by atoms with Gasteiger partial charge < -0.3 is 10.5 Å². The van der Waals surface area contributed by atoms with Gasteiger partial charge in [-0.1, -0.05) is 45.6 Å². The van der Waals surface area contributed by atoms with Crippen LogP contribution in [0.5, 0.6) is 0 Å². The van der Waals surface area contributed by atoms with Crippen molar-refractivity contribution in [2.24, 2.45) is 10.1 Å². The second kappa shape index (κ2) is 11.4. The smallest absolute Gasteiger partial charge is 0.258 e. The van der Waals surface area contributed by atoms with Crippen LogP contribution in [0.25, 0.3) is 11.3 Å². The van der Waals surface area contributed by atoms with Gasteiger partial charge in [0.25, 0.3) is 5.91 Å². The minimum absolute atomic E-state index is 0.0372. The molecular formula is C21H23I2N7O2. The number of amidine groups is 1. The SMILES string of the molecule is C=CC=N/C=C(\C)c1cn(-c2cc(C(=O)NC(/C=C(\I)C(C)(C)I)=N/O)cnc2C)nn1. The number of pyridine rings is 1. The van der Waals surface area contributed by atoms with Crippen molar-refractivity contribution in [1.82, 2.24) is 25.3 Å². The van der Waals surface area contributed by atoms with Crippen molar-refractivity contribution in [1.29, 1.82) is 0 Å². The Morgan fingerprint density at radius 3 is 2.75 bits per heavy atom. The van der Waals surface area contributed by atoms with E-state index < -0.39 is 5.91 Å². The number of carbonyl (C=O) groups excluding carboxylic acids is 1. The summed E-state index contributed by atoms with van der Waals surface area (Å²) in [5.74, 6) is -0.427. The van der Waals surface area contributed by atoms with E-state index in [1.807, 2.05) is 27.7 Å². The molecule has 168 valence electrons. The van der Waals surface area contributed by atoms with Gasteiger partial charge in [-0.3, -0.25) is 14.8 Å². The number of oxime groups is 1. The molecule has 0 saturated heterocycles. The molecule has 0 aliphatic carbocycles. The third-order valence-corrected chi connectivity index (χ3v) is 7.38. The molecule has 0 fully saturated rings. The maximum absolute atomic E-state index is 12.7. The second-order valence-electron chi connectivity index (χ2n) is 7.13. The van der Waals surface area contributed by atoms with Crippen LogP contribution in [0.2, 0.25) is 0 Å². The maximum Gasteiger partial charge on any atom is 0.258 e. The first-order valence-corrected chi connectivity index (χ1v) is 11.5. The van der Waals surface area contributed by atoms with Crippen molar-refractivity contribution in [2.75, 3.05) is 0 Å². The van der Waals surface area contributed by atoms with Crippen molar-refractivity contribution in [2.45, 2.75) is 31.1 Å². The lowest BCUT2D eigenvalue weighted by atomic mass is 10.2. The van der Waals surface area contributed by atoms with E-state index in [1.54, 1.807) is 41.5 Å². The Morgan fingerprint density at radius 1 is 1.41 bits per heavy atom. The highest BCUT2D eigenvalue weighted by Gasteiger charge is 2.19. The highest BCUT2D eigenvalue weighted by atomic mass is 127. The fourth-order valence-corrected chi connectivity index (χ4v) is 2.74. The molecule has 2 rings (SSSR count). The number of allylic oxidation sites excluding steroid dienone is 3. The Bertz CT molecular complexity index is 1130. The molecule has 2 N–H and O–H groups in total. The quantitative estimate of drug-likeness (QED) is 0.112. The standard InChI is InChI=1S/C21H23I2N7O2/c1-6-7-24-10-13(2)16-12-30(29-27-16)17-8-15(11-25-14(17)3)20(31)26-19(28-32)9-18(22)21(4,5)23/h6-12,32H,1H2,2-5H3,(H,26,28,31)/b13-10+,18-9-,24-7?. The van der Waals surface area contributed by atoms with Crippen LogP contribution in [0.3, 0.4) is 0 Å². The first-order chi connectivity index (χ1) is 15.1. The van der Waals surface area contributed by atoms with Gasteiger partial charge in [0.05, 0.1) is 23.1 Å². The van der Waals surface area contributed by atoms with E-state index in [-0.39, 0.29) is 14.8 Å². The van der Waals surface area contributed by atoms with Crippen molar-refractivity contribution in [3.63, 3.8) is 0 Å². The summed E-state index contributed by atoms with van der Waals surface area (Å²) in [7, 11) is 0. The molecule has 0 radical (unpaired) electrons. The molecule has 2 heterocycles. The largest absolute Gasteiger partial charge is 0.409 e. The number of nitrogens with zero attached hydrogens (tertiary/aromatic N) is 6. The van der Waals surface area contributed by atoms with E-state index in [0.717, 1.165) is 9.15 Å². The summed E-state index contributed by atoms with van der Waals surface area (Å²) >= 11 is 4.41. The number of nitrogens with one attached hydrogen (secondary N) is 1. The minimum atomic E-state index is -0.464. The molecule has 1 amide bonds. The summed E-state index contributed by atoms with van der Waals surface area (Å²) in [4.78, 5) is 21.1. The van der Waals surface area contributed by atoms with Crippen LogP contribution in [-0.2, 0) is 0 Å². The summed E-state index contributed by atoms with van der Waals surface area (Å²) in [6.45, 7) is 11.3. The average molecular weight is 659 g/mol. The summed E-state index contributed by atoms with van der Waals surface area (Å²) in [5.41, 5.74) is 3.00. The van der Waals surface area contributed by atoms with Crippen LogP contribution in [0.1, 0.15) is 42.5 Å². The van der Waals surface area contributed by atoms with Crippen LogP contribution in [0.4, 0.5) is 0 Å². The zero-order chi connectivity index (χ0) is 23.9. The van der Waals surface area contributed by atoms with Gasteiger partial charge in [-0.25, -0.2) is 4.68 Å². The first-order valence-electron chi connectivity index (χ1n) is 9.37. The van der Waals surface area contributed by atoms with E-state index in [4.69, 9.17) is 0 Å². The number of rotatable bonds is 7. The van der Waals surface area contributed by atoms with Gasteiger partial charge in [0.2, 0.25) is 0 Å². The first kappa shape index (κ1) is 25.8. The molecule has 0 unspecified atom stereocenters. The van der Waals surface area contributed by atoms with E-state index in [2.05, 4.69) is 82.5 Å². The number of hydrogen-bond donors (Lipinski definition) is 2. The zero-order valence-corrected chi connectivity index (χ0v) is 22.4. The van der Waals surface area contributed by atoms with Crippen LogP contribution in [0, 0.1) is 6.92 Å². The Hall–Kier alpha value is -2.42. The van der Waals surface area contributed by atoms with Gasteiger partial charge in [-0.15, -0.1) is 5.10 Å². The number of halogens is 2. The van der Waals surface area contributed by atoms with Gasteiger partial charge in [0.15, 0.2) is 5.84 Å². The third-order valence-electron chi connectivity index (χ3n) is 4.11. The highest BCUT2D eigenvalue weighted by molar-refractivity contribution is 14.1. The molecule has 0 aromatic carbocycles. The number of aryl methyl sites for hydroxylation is 1. The Kier molecular flexibility index (Phi) is 9.24. The highest BCUT2D eigenvalue weighted by Crippen LogP contribution is 2.31. The number of aromatic nitrogens is 4. The lowest BCUT2D eigenvalue weighted by molar-refractivity contribution is 0.0975.